The molecule has 0 fully saturated rings. The first-order valence-corrected chi connectivity index (χ1v) is 12.3. The van der Waals surface area contributed by atoms with E-state index in [1.807, 2.05) is 36.4 Å². The van der Waals surface area contributed by atoms with E-state index in [0.717, 1.165) is 22.3 Å². The molecule has 2 aromatic rings. The Morgan fingerprint density at radius 1 is 1.08 bits per heavy atom. The third-order valence-corrected chi connectivity index (χ3v) is 6.42. The fourth-order valence-electron chi connectivity index (χ4n) is 4.60. The van der Waals surface area contributed by atoms with Gasteiger partial charge in [-0.05, 0) is 41.5 Å². The van der Waals surface area contributed by atoms with Crippen molar-refractivity contribution < 1.29 is 41.3 Å². The van der Waals surface area contributed by atoms with Crippen LogP contribution in [0.25, 0.3) is 11.1 Å². The van der Waals surface area contributed by atoms with E-state index in [2.05, 4.69) is 29.0 Å². The van der Waals surface area contributed by atoms with E-state index in [0.29, 0.717) is 19.4 Å². The number of benzene rings is 2. The van der Waals surface area contributed by atoms with Gasteiger partial charge in [-0.2, -0.15) is 0 Å². The number of esters is 2. The van der Waals surface area contributed by atoms with Crippen molar-refractivity contribution in [2.45, 2.75) is 37.6 Å². The Morgan fingerprint density at radius 2 is 1.68 bits per heavy atom. The van der Waals surface area contributed by atoms with Crippen molar-refractivity contribution >= 4 is 23.8 Å². The molecule has 1 aliphatic rings. The lowest BCUT2D eigenvalue weighted by Gasteiger charge is -2.21. The van der Waals surface area contributed by atoms with Crippen molar-refractivity contribution in [3.63, 3.8) is 0 Å². The van der Waals surface area contributed by atoms with Gasteiger partial charge in [0.2, 0.25) is 5.91 Å². The maximum atomic E-state index is 13.1. The number of amides is 1. The van der Waals surface area contributed by atoms with E-state index in [1.165, 1.54) is 13.2 Å². The Bertz CT molecular complexity index is 1120. The first-order chi connectivity index (χ1) is 17.8. The van der Waals surface area contributed by atoms with Crippen LogP contribution < -0.4 is 34.2 Å². The van der Waals surface area contributed by atoms with Crippen LogP contribution in [0.3, 0.4) is 0 Å². The zero-order chi connectivity index (χ0) is 26.8. The second kappa shape index (κ2) is 14.8. The van der Waals surface area contributed by atoms with Crippen LogP contribution in [0.2, 0.25) is 0 Å². The first kappa shape index (κ1) is 30.4. The largest absolute Gasteiger partial charge is 1.00 e. The van der Waals surface area contributed by atoms with Crippen LogP contribution in [0.4, 0.5) is 0 Å². The molecule has 0 spiro atoms. The molecular weight excluding hydrogens is 508 g/mol. The van der Waals surface area contributed by atoms with Gasteiger partial charge in [-0.15, -0.1) is 6.58 Å². The van der Waals surface area contributed by atoms with Crippen LogP contribution in [0.1, 0.15) is 42.7 Å². The summed E-state index contributed by atoms with van der Waals surface area (Å²) >= 11 is 0. The van der Waals surface area contributed by atoms with E-state index < -0.39 is 29.8 Å². The summed E-state index contributed by atoms with van der Waals surface area (Å²) in [7, 11) is 1.25. The molecule has 1 amide bonds. The molecule has 38 heavy (non-hydrogen) atoms. The maximum absolute atomic E-state index is 13.1. The highest BCUT2D eigenvalue weighted by Crippen LogP contribution is 2.44. The molecule has 0 saturated carbocycles. The van der Waals surface area contributed by atoms with Gasteiger partial charge in [0, 0.05) is 11.8 Å². The number of fused-ring (bicyclic) bond motifs is 3. The lowest BCUT2D eigenvalue weighted by molar-refractivity contribution is -0.459. The molecule has 1 aliphatic carbocycles. The number of rotatable bonds is 13. The molecule has 0 unspecified atom stereocenters. The Balaban J connectivity index is 0.00000507. The minimum absolute atomic E-state index is 0. The molecule has 0 radical (unpaired) electrons. The summed E-state index contributed by atoms with van der Waals surface area (Å²) < 4.78 is 10.5. The highest BCUT2D eigenvalue weighted by Gasteiger charge is 2.31. The number of methoxy groups -OCH3 is 1. The molecule has 0 aromatic heterocycles. The molecule has 10 heteroatoms. The van der Waals surface area contributed by atoms with E-state index in [1.54, 1.807) is 0 Å². The monoisotopic (exact) mass is 542 g/mol. The quantitative estimate of drug-likeness (QED) is 0.0733. The zero-order valence-corrected chi connectivity index (χ0v) is 22.2. The van der Waals surface area contributed by atoms with Crippen LogP contribution in [0.5, 0.6) is 0 Å². The minimum Gasteiger partial charge on any atom is -1.00 e. The van der Waals surface area contributed by atoms with Gasteiger partial charge in [-0.1, -0.05) is 54.6 Å². The maximum Gasteiger partial charge on any atom is 0.338 e. The third-order valence-electron chi connectivity index (χ3n) is 6.42. The van der Waals surface area contributed by atoms with Gasteiger partial charge in [0.05, 0.1) is 20.1 Å². The summed E-state index contributed by atoms with van der Waals surface area (Å²) in [6, 6.07) is 15.3. The topological polar surface area (TPSA) is 148 Å². The van der Waals surface area contributed by atoms with Gasteiger partial charge in [-0.3, -0.25) is 26.0 Å². The standard InChI is InChI=1S/C28H34N4O5.ClH/c1-3-9-24(27(35)36-2)32-26(34)18(10-8-15-31-28(29)30)16-25(33)37-17-23-21-13-6-4-11-19(21)20-12-5-7-14-22(20)23;/h3-7,11-14,18,23-24H,1,8-10,15-17H2,2H3,(H,32,34)(H4,29,30,31);1H/t18-,24+;/m1./s1. The highest BCUT2D eigenvalue weighted by molar-refractivity contribution is 5.88. The predicted molar refractivity (Wildman–Crippen MR) is 140 cm³/mol. The number of carbonyl (C=O) groups is 3. The highest BCUT2D eigenvalue weighted by atomic mass is 35.5. The molecule has 2 aromatic carbocycles. The SMILES string of the molecule is C=CC[C@H](NC(=O)[C@H](CCC[NH+]=C(N)N)CC(=O)OCC1c2ccccc2-c2ccccc21)C(=O)OC.[Cl-]. The number of hydrogen-bond acceptors (Lipinski definition) is 5. The van der Waals surface area contributed by atoms with Gasteiger partial charge >= 0.3 is 17.9 Å². The van der Waals surface area contributed by atoms with Crippen molar-refractivity contribution in [1.29, 1.82) is 0 Å². The first-order valence-electron chi connectivity index (χ1n) is 12.3. The smallest absolute Gasteiger partial charge is 0.338 e. The van der Waals surface area contributed by atoms with Gasteiger partial charge in [0.1, 0.15) is 12.6 Å². The molecular formula is C28H35ClN4O5. The zero-order valence-electron chi connectivity index (χ0n) is 21.5. The molecule has 0 aliphatic heterocycles. The molecule has 204 valence electrons. The number of hydrogen-bond donors (Lipinski definition) is 4. The molecule has 9 nitrogen and oxygen atoms in total. The lowest BCUT2D eigenvalue weighted by atomic mass is 9.97. The van der Waals surface area contributed by atoms with Crippen LogP contribution in [0, 0.1) is 5.92 Å². The third kappa shape index (κ3) is 7.82. The van der Waals surface area contributed by atoms with Crippen molar-refractivity contribution in [3.05, 3.63) is 72.3 Å². The summed E-state index contributed by atoms with van der Waals surface area (Å²) in [4.78, 5) is 40.8. The summed E-state index contributed by atoms with van der Waals surface area (Å²) in [6.45, 7) is 4.23. The molecule has 0 heterocycles. The van der Waals surface area contributed by atoms with E-state index in [-0.39, 0.29) is 43.7 Å². The number of nitrogens with two attached hydrogens (primary N) is 2. The Kier molecular flexibility index (Phi) is 11.8. The van der Waals surface area contributed by atoms with Crippen LogP contribution in [-0.2, 0) is 23.9 Å². The average molecular weight is 543 g/mol. The van der Waals surface area contributed by atoms with Gasteiger partial charge in [0.15, 0.2) is 0 Å². The van der Waals surface area contributed by atoms with Gasteiger partial charge in [-0.25, -0.2) is 4.79 Å². The van der Waals surface area contributed by atoms with Crippen LogP contribution >= 0.6 is 0 Å². The fourth-order valence-corrected chi connectivity index (χ4v) is 4.60. The summed E-state index contributed by atoms with van der Waals surface area (Å²) in [5.41, 5.74) is 15.4. The van der Waals surface area contributed by atoms with Crippen molar-refractivity contribution in [3.8, 4) is 11.1 Å². The molecule has 6 N–H and O–H groups in total. The Hall–Kier alpha value is -3.85. The van der Waals surface area contributed by atoms with Crippen molar-refractivity contribution in [2.75, 3.05) is 20.3 Å². The minimum atomic E-state index is -0.883. The lowest BCUT2D eigenvalue weighted by Crippen LogP contribution is -3.00. The van der Waals surface area contributed by atoms with E-state index in [9.17, 15) is 14.4 Å². The number of nitrogens with one attached hydrogen (secondary N) is 2. The van der Waals surface area contributed by atoms with Crippen LogP contribution in [0.15, 0.2) is 61.2 Å². The summed E-state index contributed by atoms with van der Waals surface area (Å²) in [5, 5.41) is 2.68. The molecule has 3 rings (SSSR count). The van der Waals surface area contributed by atoms with Gasteiger partial charge in [0.25, 0.3) is 0 Å². The molecule has 0 bridgehead atoms. The van der Waals surface area contributed by atoms with E-state index in [4.69, 9.17) is 20.9 Å². The van der Waals surface area contributed by atoms with Crippen LogP contribution in [-0.4, -0.2) is 50.1 Å². The molecule has 2 atom stereocenters. The van der Waals surface area contributed by atoms with Crippen molar-refractivity contribution in [2.24, 2.45) is 17.4 Å². The number of guanidine groups is 1. The van der Waals surface area contributed by atoms with Gasteiger partial charge < -0.3 is 27.2 Å². The number of carbonyl (C=O) groups excluding carboxylic acids is 3. The molecule has 0 saturated heterocycles. The number of halogens is 1. The average Bonchev–Trinajstić information content (AvgIpc) is 3.22. The second-order valence-corrected chi connectivity index (χ2v) is 8.94. The number of ether oxygens (including phenoxy) is 2. The van der Waals surface area contributed by atoms with Crippen molar-refractivity contribution in [1.82, 2.24) is 5.32 Å². The van der Waals surface area contributed by atoms with E-state index >= 15 is 0 Å². The summed E-state index contributed by atoms with van der Waals surface area (Å²) in [5.74, 6) is -2.22. The summed E-state index contributed by atoms with van der Waals surface area (Å²) in [6.07, 6.45) is 2.48. The Morgan fingerprint density at radius 3 is 2.24 bits per heavy atom. The Labute approximate surface area is 229 Å². The predicted octanol–water partition coefficient (Wildman–Crippen LogP) is -2.28. The fraction of sp³-hybridized carbons (Fsp3) is 0.357. The normalized spacial score (nSPS) is 13.1. The second-order valence-electron chi connectivity index (χ2n) is 8.94.